The number of nitrogens with zero attached hydrogens (tertiary/aromatic N) is 1. The monoisotopic (exact) mass is 323 g/mol. The molecule has 1 amide bonds. The van der Waals surface area contributed by atoms with Crippen LogP contribution >= 0.6 is 0 Å². The summed E-state index contributed by atoms with van der Waals surface area (Å²) in [5.41, 5.74) is 2.04. The molecule has 1 aliphatic heterocycles. The maximum absolute atomic E-state index is 12.5. The maximum atomic E-state index is 12.5. The Morgan fingerprint density at radius 3 is 2.29 bits per heavy atom. The quantitative estimate of drug-likeness (QED) is 0.918. The van der Waals surface area contributed by atoms with Gasteiger partial charge in [-0.05, 0) is 24.0 Å². The van der Waals surface area contributed by atoms with Gasteiger partial charge in [-0.15, -0.1) is 0 Å². The number of carboxylic acid groups (broad SMARTS) is 1. The molecule has 3 rings (SSSR count). The van der Waals surface area contributed by atoms with Gasteiger partial charge in [0.2, 0.25) is 5.91 Å². The molecule has 0 aliphatic carbocycles. The fraction of sp³-hybridized carbons (Fsp3) is 0.300. The molecule has 2 atom stereocenters. The summed E-state index contributed by atoms with van der Waals surface area (Å²) < 4.78 is 0. The van der Waals surface area contributed by atoms with Crippen LogP contribution in [-0.2, 0) is 16.0 Å². The zero-order valence-corrected chi connectivity index (χ0v) is 13.5. The summed E-state index contributed by atoms with van der Waals surface area (Å²) in [6, 6.07) is 19.1. The van der Waals surface area contributed by atoms with E-state index in [-0.39, 0.29) is 5.91 Å². The predicted molar refractivity (Wildman–Crippen MR) is 91.4 cm³/mol. The van der Waals surface area contributed by atoms with E-state index in [9.17, 15) is 14.7 Å². The topological polar surface area (TPSA) is 57.6 Å². The normalized spacial score (nSPS) is 20.8. The van der Waals surface area contributed by atoms with Gasteiger partial charge < -0.3 is 10.0 Å². The SMILES string of the molecule is O=C(O)C1CCC(=O)N(CCc2ccccc2)C1c1ccccc1. The number of carboxylic acids is 1. The van der Waals surface area contributed by atoms with Gasteiger partial charge in [-0.25, -0.2) is 0 Å². The highest BCUT2D eigenvalue weighted by Crippen LogP contribution is 2.36. The summed E-state index contributed by atoms with van der Waals surface area (Å²) in [4.78, 5) is 26.0. The van der Waals surface area contributed by atoms with Gasteiger partial charge in [-0.2, -0.15) is 0 Å². The average Bonchev–Trinajstić information content (AvgIpc) is 2.61. The van der Waals surface area contributed by atoms with Crippen LogP contribution in [0.1, 0.15) is 30.0 Å². The van der Waals surface area contributed by atoms with E-state index in [2.05, 4.69) is 0 Å². The van der Waals surface area contributed by atoms with E-state index < -0.39 is 17.9 Å². The van der Waals surface area contributed by atoms with Crippen molar-refractivity contribution >= 4 is 11.9 Å². The van der Waals surface area contributed by atoms with Crippen molar-refractivity contribution in [2.24, 2.45) is 5.92 Å². The molecule has 4 nitrogen and oxygen atoms in total. The third-order valence-corrected chi connectivity index (χ3v) is 4.65. The number of aliphatic carboxylic acids is 1. The van der Waals surface area contributed by atoms with Gasteiger partial charge in [0.25, 0.3) is 0 Å². The Labute approximate surface area is 141 Å². The molecular weight excluding hydrogens is 302 g/mol. The van der Waals surface area contributed by atoms with Gasteiger partial charge in [0.05, 0.1) is 12.0 Å². The van der Waals surface area contributed by atoms with Crippen molar-refractivity contribution in [3.8, 4) is 0 Å². The highest BCUT2D eigenvalue weighted by Gasteiger charge is 2.40. The lowest BCUT2D eigenvalue weighted by Crippen LogP contribution is -2.46. The second kappa shape index (κ2) is 7.30. The van der Waals surface area contributed by atoms with E-state index in [0.29, 0.717) is 19.4 Å². The summed E-state index contributed by atoms with van der Waals surface area (Å²) in [5.74, 6) is -1.35. The highest BCUT2D eigenvalue weighted by atomic mass is 16.4. The Bertz CT molecular complexity index is 699. The molecule has 1 N–H and O–H groups in total. The number of hydrogen-bond donors (Lipinski definition) is 1. The molecule has 124 valence electrons. The summed E-state index contributed by atoms with van der Waals surface area (Å²) >= 11 is 0. The number of carbonyl (C=O) groups is 2. The first-order valence-electron chi connectivity index (χ1n) is 8.28. The van der Waals surface area contributed by atoms with Gasteiger partial charge in [0.15, 0.2) is 0 Å². The van der Waals surface area contributed by atoms with Gasteiger partial charge in [0, 0.05) is 13.0 Å². The number of likely N-dealkylation sites (tertiary alicyclic amines) is 1. The van der Waals surface area contributed by atoms with Crippen LogP contribution in [0.2, 0.25) is 0 Å². The fourth-order valence-corrected chi connectivity index (χ4v) is 3.43. The van der Waals surface area contributed by atoms with Crippen LogP contribution in [0.25, 0.3) is 0 Å². The Morgan fingerprint density at radius 2 is 1.67 bits per heavy atom. The Morgan fingerprint density at radius 1 is 1.04 bits per heavy atom. The number of carbonyl (C=O) groups excluding carboxylic acids is 1. The zero-order valence-electron chi connectivity index (χ0n) is 13.5. The molecule has 4 heteroatoms. The van der Waals surface area contributed by atoms with Crippen LogP contribution in [0, 0.1) is 5.92 Å². The van der Waals surface area contributed by atoms with Crippen molar-refractivity contribution < 1.29 is 14.7 Å². The molecule has 1 saturated heterocycles. The van der Waals surface area contributed by atoms with Gasteiger partial charge in [-0.1, -0.05) is 60.7 Å². The van der Waals surface area contributed by atoms with Crippen molar-refractivity contribution in [3.05, 3.63) is 71.8 Å². The third kappa shape index (κ3) is 3.48. The summed E-state index contributed by atoms with van der Waals surface area (Å²) in [6.07, 6.45) is 1.42. The highest BCUT2D eigenvalue weighted by molar-refractivity contribution is 5.81. The maximum Gasteiger partial charge on any atom is 0.308 e. The van der Waals surface area contributed by atoms with E-state index >= 15 is 0 Å². The van der Waals surface area contributed by atoms with Gasteiger partial charge >= 0.3 is 5.97 Å². The van der Waals surface area contributed by atoms with Crippen LogP contribution in [0.5, 0.6) is 0 Å². The number of benzene rings is 2. The molecule has 2 aromatic rings. The third-order valence-electron chi connectivity index (χ3n) is 4.65. The average molecular weight is 323 g/mol. The minimum Gasteiger partial charge on any atom is -0.481 e. The Kier molecular flexibility index (Phi) is 4.94. The van der Waals surface area contributed by atoms with Crippen molar-refractivity contribution in [1.82, 2.24) is 4.90 Å². The Hall–Kier alpha value is -2.62. The van der Waals surface area contributed by atoms with Crippen molar-refractivity contribution in [2.75, 3.05) is 6.54 Å². The van der Waals surface area contributed by atoms with Crippen LogP contribution in [-0.4, -0.2) is 28.4 Å². The molecule has 24 heavy (non-hydrogen) atoms. The van der Waals surface area contributed by atoms with Crippen molar-refractivity contribution in [3.63, 3.8) is 0 Å². The molecule has 0 saturated carbocycles. The zero-order chi connectivity index (χ0) is 16.9. The lowest BCUT2D eigenvalue weighted by atomic mass is 9.84. The van der Waals surface area contributed by atoms with E-state index in [1.54, 1.807) is 4.90 Å². The number of amides is 1. The number of piperidine rings is 1. The first-order valence-corrected chi connectivity index (χ1v) is 8.28. The Balaban J connectivity index is 1.87. The summed E-state index contributed by atoms with van der Waals surface area (Å²) in [6.45, 7) is 0.534. The van der Waals surface area contributed by atoms with Crippen LogP contribution < -0.4 is 0 Å². The molecule has 2 unspecified atom stereocenters. The first kappa shape index (κ1) is 16.2. The van der Waals surface area contributed by atoms with Crippen LogP contribution in [0.15, 0.2) is 60.7 Å². The van der Waals surface area contributed by atoms with Crippen molar-refractivity contribution in [2.45, 2.75) is 25.3 Å². The van der Waals surface area contributed by atoms with E-state index in [1.807, 2.05) is 60.7 Å². The predicted octanol–water partition coefficient (Wildman–Crippen LogP) is 3.29. The molecule has 0 radical (unpaired) electrons. The fourth-order valence-electron chi connectivity index (χ4n) is 3.43. The van der Waals surface area contributed by atoms with Crippen molar-refractivity contribution in [1.29, 1.82) is 0 Å². The van der Waals surface area contributed by atoms with E-state index in [4.69, 9.17) is 0 Å². The second-order valence-corrected chi connectivity index (χ2v) is 6.16. The number of rotatable bonds is 5. The number of hydrogen-bond acceptors (Lipinski definition) is 2. The minimum absolute atomic E-state index is 0.0392. The van der Waals surface area contributed by atoms with E-state index in [0.717, 1.165) is 17.5 Å². The smallest absolute Gasteiger partial charge is 0.308 e. The standard InChI is InChI=1S/C20H21NO3/c22-18-12-11-17(20(23)24)19(16-9-5-2-6-10-16)21(18)14-13-15-7-3-1-4-8-15/h1-10,17,19H,11-14H2,(H,23,24). The molecular formula is C20H21NO3. The molecule has 0 spiro atoms. The lowest BCUT2D eigenvalue weighted by Gasteiger charge is -2.40. The molecule has 0 aromatic heterocycles. The summed E-state index contributed by atoms with van der Waals surface area (Å²) in [5, 5.41) is 9.62. The van der Waals surface area contributed by atoms with E-state index in [1.165, 1.54) is 0 Å². The molecule has 2 aromatic carbocycles. The molecule has 0 bridgehead atoms. The van der Waals surface area contributed by atoms with Crippen LogP contribution in [0.3, 0.4) is 0 Å². The lowest BCUT2D eigenvalue weighted by molar-refractivity contribution is -0.152. The van der Waals surface area contributed by atoms with Gasteiger partial charge in [-0.3, -0.25) is 9.59 Å². The van der Waals surface area contributed by atoms with Gasteiger partial charge in [0.1, 0.15) is 0 Å². The second-order valence-electron chi connectivity index (χ2n) is 6.16. The first-order chi connectivity index (χ1) is 11.7. The molecule has 1 heterocycles. The minimum atomic E-state index is -0.832. The summed E-state index contributed by atoms with van der Waals surface area (Å²) in [7, 11) is 0. The van der Waals surface area contributed by atoms with Crippen LogP contribution in [0.4, 0.5) is 0 Å². The molecule has 1 aliphatic rings. The largest absolute Gasteiger partial charge is 0.481 e. The molecule has 1 fully saturated rings.